The maximum Gasteiger partial charge on any atom is 0.206 e. The molecule has 2 nitrogen and oxygen atoms in total. The summed E-state index contributed by atoms with van der Waals surface area (Å²) in [6, 6.07) is 66.5. The summed E-state index contributed by atoms with van der Waals surface area (Å²) in [6.07, 6.45) is 9.48. The minimum Gasteiger partial charge on any atom is -0.207 e. The van der Waals surface area contributed by atoms with Gasteiger partial charge in [0.25, 0.3) is 0 Å². The molecule has 0 radical (unpaired) electrons. The van der Waals surface area contributed by atoms with Gasteiger partial charge in [0.15, 0.2) is 0 Å². The summed E-state index contributed by atoms with van der Waals surface area (Å²) in [4.78, 5) is 0. The highest BCUT2D eigenvalue weighted by Crippen LogP contribution is 2.57. The summed E-state index contributed by atoms with van der Waals surface area (Å²) >= 11 is 0. The zero-order chi connectivity index (χ0) is 56.1. The Morgan fingerprint density at radius 3 is 1.18 bits per heavy atom. The first-order valence-electron chi connectivity index (χ1n) is 27.2. The molecular weight excluding hydrogens is 949 g/mol. The van der Waals surface area contributed by atoms with E-state index in [2.05, 4.69) is 126 Å². The van der Waals surface area contributed by atoms with Gasteiger partial charge in [-0.1, -0.05) is 205 Å². The average molecular weight is 1030 g/mol. The number of nitrogens with zero attached hydrogens (tertiary/aromatic N) is 2. The highest BCUT2D eigenvalue weighted by Gasteiger charge is 2.47. The van der Waals surface area contributed by atoms with Crippen molar-refractivity contribution < 1.29 is 13.2 Å². The minimum atomic E-state index is -0.171. The Hall–Kier alpha value is -7.41. The number of hydrogen-bond acceptors (Lipinski definition) is 2. The molecule has 4 saturated carbocycles. The quantitative estimate of drug-likeness (QED) is 0.166. The molecule has 0 unspecified atom stereocenters. The fourth-order valence-electron chi connectivity index (χ4n) is 10.6. The summed E-state index contributed by atoms with van der Waals surface area (Å²) in [5.74, 6) is 5.31. The molecule has 8 aromatic rings. The Balaban J connectivity index is 0.000000192. The zero-order valence-electron chi connectivity index (χ0n) is 47.3. The molecular formula is C71H80BF3N2. The van der Waals surface area contributed by atoms with E-state index in [9.17, 15) is 13.2 Å². The average Bonchev–Trinajstić information content (AvgIpc) is 3.41. The van der Waals surface area contributed by atoms with Crippen LogP contribution in [0.2, 0.25) is 6.82 Å². The van der Waals surface area contributed by atoms with Crippen molar-refractivity contribution in [3.05, 3.63) is 273 Å². The molecule has 12 rings (SSSR count). The first kappa shape index (κ1) is 62.1. The van der Waals surface area contributed by atoms with Crippen LogP contribution in [-0.4, -0.2) is 6.71 Å². The first-order chi connectivity index (χ1) is 37.0. The van der Waals surface area contributed by atoms with Gasteiger partial charge < -0.3 is 0 Å². The number of rotatable bonds is 3. The molecule has 6 heteroatoms. The lowest BCUT2D eigenvalue weighted by molar-refractivity contribution is -0.0376. The van der Waals surface area contributed by atoms with Crippen molar-refractivity contribution in [2.75, 3.05) is 0 Å². The van der Waals surface area contributed by atoms with Crippen LogP contribution in [0.15, 0.2) is 200 Å². The largest absolute Gasteiger partial charge is 0.207 e. The van der Waals surface area contributed by atoms with E-state index in [1.54, 1.807) is 75.4 Å². The summed E-state index contributed by atoms with van der Waals surface area (Å²) in [5.41, 5.74) is 13.3. The van der Waals surface area contributed by atoms with Crippen LogP contribution in [0, 0.1) is 125 Å². The highest BCUT2D eigenvalue weighted by molar-refractivity contribution is 6.84. The topological polar surface area (TPSA) is 47.6 Å². The van der Waals surface area contributed by atoms with Gasteiger partial charge in [0, 0.05) is 0 Å². The molecule has 0 spiro atoms. The standard InChI is InChI=1S/C13H13B.C12H20.C9H12.2C8H7N.3C7H7F/c1-14(12-8-4-2-5-9-12)13-10-6-3-7-11-13;1-2-12-10-4-8-3-9(6-10)7-11(12)5-8;1-7-4-8(2)6-9(3)5-7;1-7-2-4-8(6-9)5-3-7;1-7-3-2-4-8(5-7)6-9;1-6-2-4-7(8)5-3-6;1-6-3-2-4-7(8)5-6;1-6-4-2-3-5-7(6)8/h2-11H,1H3;8-12H,2-7H2,1H3;4-6H,1-3H3;2*2-5H,1H3;3*2-5H,1H3. The summed E-state index contributed by atoms with van der Waals surface area (Å²) in [6.45, 7) is 21.0. The van der Waals surface area contributed by atoms with Gasteiger partial charge in [-0.15, -0.1) is 0 Å². The number of benzene rings is 8. The van der Waals surface area contributed by atoms with E-state index in [4.69, 9.17) is 10.5 Å². The summed E-state index contributed by atoms with van der Waals surface area (Å²) in [7, 11) is 0. The smallest absolute Gasteiger partial charge is 0.206 e. The maximum atomic E-state index is 12.3. The Labute approximate surface area is 461 Å². The lowest BCUT2D eigenvalue weighted by atomic mass is 9.43. The van der Waals surface area contributed by atoms with Gasteiger partial charge in [-0.3, -0.25) is 0 Å². The van der Waals surface area contributed by atoms with E-state index >= 15 is 0 Å². The van der Waals surface area contributed by atoms with Crippen molar-refractivity contribution in [3.8, 4) is 12.1 Å². The second kappa shape index (κ2) is 33.6. The van der Waals surface area contributed by atoms with Crippen LogP contribution in [0.4, 0.5) is 13.2 Å². The molecule has 0 heterocycles. The van der Waals surface area contributed by atoms with Crippen molar-refractivity contribution in [2.24, 2.45) is 29.6 Å². The van der Waals surface area contributed by atoms with E-state index < -0.39 is 0 Å². The molecule has 4 aliphatic carbocycles. The van der Waals surface area contributed by atoms with Crippen LogP contribution >= 0.6 is 0 Å². The lowest BCUT2D eigenvalue weighted by Crippen LogP contribution is -2.44. The fourth-order valence-corrected chi connectivity index (χ4v) is 10.6. The van der Waals surface area contributed by atoms with Crippen molar-refractivity contribution in [1.29, 1.82) is 10.5 Å². The fraction of sp³-hybridized carbons (Fsp3) is 0.296. The Morgan fingerprint density at radius 2 is 0.831 bits per heavy atom. The van der Waals surface area contributed by atoms with Crippen molar-refractivity contribution in [2.45, 2.75) is 108 Å². The van der Waals surface area contributed by atoms with Crippen molar-refractivity contribution in [3.63, 3.8) is 0 Å². The van der Waals surface area contributed by atoms with Crippen LogP contribution < -0.4 is 10.9 Å². The van der Waals surface area contributed by atoms with Crippen molar-refractivity contribution in [1.82, 2.24) is 0 Å². The Bertz CT molecular complexity index is 2840. The SMILES string of the molecule is CB(c1ccccc1)c1ccccc1.CCC1C2CC3CC(C2)CC1C3.Cc1cc(C)cc(C)c1.Cc1ccc(C#N)cc1.Cc1ccc(F)cc1.Cc1cccc(C#N)c1.Cc1cccc(F)c1.Cc1ccccc1F. The molecule has 4 fully saturated rings. The van der Waals surface area contributed by atoms with E-state index in [1.165, 1.54) is 69.9 Å². The van der Waals surface area contributed by atoms with Gasteiger partial charge in [0.1, 0.15) is 17.5 Å². The number of hydrogen-bond donors (Lipinski definition) is 0. The number of aryl methyl sites for hydroxylation is 8. The molecule has 0 atom stereocenters. The van der Waals surface area contributed by atoms with E-state index in [0.29, 0.717) is 12.3 Å². The molecule has 8 aromatic carbocycles. The summed E-state index contributed by atoms with van der Waals surface area (Å²) in [5, 5.41) is 16.8. The van der Waals surface area contributed by atoms with Crippen LogP contribution in [0.1, 0.15) is 101 Å². The van der Waals surface area contributed by atoms with Crippen molar-refractivity contribution >= 4 is 17.6 Å². The van der Waals surface area contributed by atoms with Crippen LogP contribution in [0.5, 0.6) is 0 Å². The number of halogens is 3. The zero-order valence-corrected chi connectivity index (χ0v) is 47.3. The molecule has 0 saturated heterocycles. The maximum absolute atomic E-state index is 12.3. The number of nitriles is 2. The van der Waals surface area contributed by atoms with Gasteiger partial charge in [0.05, 0.1) is 23.3 Å². The molecule has 398 valence electrons. The third-order valence-corrected chi connectivity index (χ3v) is 14.3. The van der Waals surface area contributed by atoms with E-state index in [0.717, 1.165) is 57.4 Å². The molecule has 4 aliphatic rings. The van der Waals surface area contributed by atoms with Gasteiger partial charge >= 0.3 is 0 Å². The van der Waals surface area contributed by atoms with E-state index in [1.807, 2.05) is 82.3 Å². The molecule has 77 heavy (non-hydrogen) atoms. The van der Waals surface area contributed by atoms with Gasteiger partial charge in [-0.05, 0) is 188 Å². The van der Waals surface area contributed by atoms with Crippen LogP contribution in [-0.2, 0) is 0 Å². The predicted octanol–water partition coefficient (Wildman–Crippen LogP) is 18.1. The Kier molecular flexibility index (Phi) is 27.1. The lowest BCUT2D eigenvalue weighted by Gasteiger charge is -2.54. The monoisotopic (exact) mass is 1030 g/mol. The molecule has 4 bridgehead atoms. The first-order valence-corrected chi connectivity index (χ1v) is 27.2. The van der Waals surface area contributed by atoms with Gasteiger partial charge in [-0.25, -0.2) is 13.2 Å². The molecule has 0 amide bonds. The van der Waals surface area contributed by atoms with Crippen LogP contribution in [0.3, 0.4) is 0 Å². The third kappa shape index (κ3) is 23.6. The molecule has 0 N–H and O–H groups in total. The second-order valence-electron chi connectivity index (χ2n) is 21.0. The normalized spacial score (nSPS) is 16.5. The minimum absolute atomic E-state index is 0.132. The van der Waals surface area contributed by atoms with Gasteiger partial charge in [-0.2, -0.15) is 10.5 Å². The van der Waals surface area contributed by atoms with E-state index in [-0.39, 0.29) is 17.5 Å². The third-order valence-electron chi connectivity index (χ3n) is 14.3. The predicted molar refractivity (Wildman–Crippen MR) is 320 cm³/mol. The Morgan fingerprint density at radius 1 is 0.403 bits per heavy atom. The second-order valence-corrected chi connectivity index (χ2v) is 21.0. The van der Waals surface area contributed by atoms with Crippen LogP contribution in [0.25, 0.3) is 0 Å². The summed E-state index contributed by atoms with van der Waals surface area (Å²) < 4.78 is 36.6. The molecule has 0 aromatic heterocycles. The van der Waals surface area contributed by atoms with Gasteiger partial charge in [0.2, 0.25) is 6.71 Å². The molecule has 0 aliphatic heterocycles. The highest BCUT2D eigenvalue weighted by atomic mass is 19.1.